The van der Waals surface area contributed by atoms with E-state index in [1.807, 2.05) is 17.5 Å². The van der Waals surface area contributed by atoms with Crippen molar-refractivity contribution in [3.05, 3.63) is 57.8 Å². The average molecular weight is 500 g/mol. The predicted molar refractivity (Wildman–Crippen MR) is 126 cm³/mol. The molecule has 3 N–H and O–H groups in total. The maximum Gasteiger partial charge on any atom is 0.261 e. The molecule has 0 radical (unpaired) electrons. The van der Waals surface area contributed by atoms with Crippen molar-refractivity contribution in [3.8, 4) is 0 Å². The predicted octanol–water partition coefficient (Wildman–Crippen LogP) is 3.76. The Kier molecular flexibility index (Phi) is 11.0. The monoisotopic (exact) mass is 500 g/mol. The van der Waals surface area contributed by atoms with Crippen molar-refractivity contribution in [2.24, 2.45) is 4.99 Å². The van der Waals surface area contributed by atoms with Gasteiger partial charge in [-0.1, -0.05) is 42.8 Å². The molecule has 0 fully saturated rings. The first kappa shape index (κ1) is 23.4. The third-order valence-corrected chi connectivity index (χ3v) is 4.96. The molecule has 0 aliphatic carbocycles. The highest BCUT2D eigenvalue weighted by Crippen LogP contribution is 2.15. The summed E-state index contributed by atoms with van der Waals surface area (Å²) in [6.07, 6.45) is 0.839. The van der Waals surface area contributed by atoms with Crippen LogP contribution in [0.4, 0.5) is 0 Å². The van der Waals surface area contributed by atoms with Crippen LogP contribution in [0.15, 0.2) is 46.8 Å². The molecule has 1 aromatic heterocycles. The standard InChI is InChI=1S/C20H28N4OS.HI/c1-15-7-4-8-17(13-15)16(2)14-24-20(21-3)23-11-6-10-22-19(25)18-9-5-12-26-18;/h4-5,7-9,12-13,16H,6,10-11,14H2,1-3H3,(H,22,25)(H2,21,23,24);1H. The van der Waals surface area contributed by atoms with Gasteiger partial charge in [-0.25, -0.2) is 0 Å². The number of nitrogens with one attached hydrogen (secondary N) is 3. The third-order valence-electron chi connectivity index (χ3n) is 4.09. The molecule has 0 bridgehead atoms. The second-order valence-corrected chi connectivity index (χ2v) is 7.23. The molecule has 7 heteroatoms. The van der Waals surface area contributed by atoms with E-state index in [2.05, 4.69) is 59.1 Å². The van der Waals surface area contributed by atoms with Crippen molar-refractivity contribution in [3.63, 3.8) is 0 Å². The van der Waals surface area contributed by atoms with Crippen LogP contribution in [-0.2, 0) is 0 Å². The number of amides is 1. The molecule has 27 heavy (non-hydrogen) atoms. The molecule has 148 valence electrons. The molecule has 0 aliphatic heterocycles. The fourth-order valence-corrected chi connectivity index (χ4v) is 3.20. The number of carbonyl (C=O) groups excluding carboxylic acids is 1. The molecule has 1 unspecified atom stereocenters. The zero-order chi connectivity index (χ0) is 18.8. The zero-order valence-corrected chi connectivity index (χ0v) is 19.3. The van der Waals surface area contributed by atoms with Crippen LogP contribution in [0.3, 0.4) is 0 Å². The number of halogens is 1. The molecular formula is C20H29IN4OS. The summed E-state index contributed by atoms with van der Waals surface area (Å²) in [6.45, 7) is 6.53. The van der Waals surface area contributed by atoms with Crippen LogP contribution < -0.4 is 16.0 Å². The van der Waals surface area contributed by atoms with Crippen LogP contribution in [0.25, 0.3) is 0 Å². The minimum absolute atomic E-state index is 0. The molecule has 2 rings (SSSR count). The van der Waals surface area contributed by atoms with Gasteiger partial charge in [0.15, 0.2) is 5.96 Å². The number of hydrogen-bond acceptors (Lipinski definition) is 3. The molecule has 1 amide bonds. The SMILES string of the molecule is CN=C(NCCCNC(=O)c1cccs1)NCC(C)c1cccc(C)c1.I. The van der Waals surface area contributed by atoms with Gasteiger partial charge in [-0.15, -0.1) is 35.3 Å². The Bertz CT molecular complexity index is 719. The van der Waals surface area contributed by atoms with Crippen LogP contribution in [0.1, 0.15) is 40.1 Å². The maximum absolute atomic E-state index is 11.8. The van der Waals surface area contributed by atoms with Crippen LogP contribution >= 0.6 is 35.3 Å². The number of aryl methyl sites for hydroxylation is 1. The lowest BCUT2D eigenvalue weighted by molar-refractivity contribution is 0.0957. The second-order valence-electron chi connectivity index (χ2n) is 6.28. The summed E-state index contributed by atoms with van der Waals surface area (Å²) in [5.41, 5.74) is 2.60. The van der Waals surface area contributed by atoms with Gasteiger partial charge in [-0.2, -0.15) is 0 Å². The smallest absolute Gasteiger partial charge is 0.261 e. The van der Waals surface area contributed by atoms with E-state index in [0.29, 0.717) is 12.5 Å². The lowest BCUT2D eigenvalue weighted by atomic mass is 9.99. The molecule has 0 spiro atoms. The number of guanidine groups is 1. The van der Waals surface area contributed by atoms with E-state index >= 15 is 0 Å². The minimum Gasteiger partial charge on any atom is -0.356 e. The maximum atomic E-state index is 11.8. The first-order chi connectivity index (χ1) is 12.6. The minimum atomic E-state index is -0.00511. The Morgan fingerprint density at radius 3 is 2.59 bits per heavy atom. The lowest BCUT2D eigenvalue weighted by Gasteiger charge is -2.17. The summed E-state index contributed by atoms with van der Waals surface area (Å²) in [5.74, 6) is 1.18. The quantitative estimate of drug-likeness (QED) is 0.224. The van der Waals surface area contributed by atoms with Crippen LogP contribution in [0.5, 0.6) is 0 Å². The van der Waals surface area contributed by atoms with Crippen molar-refractivity contribution in [2.45, 2.75) is 26.2 Å². The van der Waals surface area contributed by atoms with E-state index < -0.39 is 0 Å². The number of nitrogens with zero attached hydrogens (tertiary/aromatic N) is 1. The molecule has 0 saturated heterocycles. The Labute approximate surface area is 183 Å². The van der Waals surface area contributed by atoms with Crippen molar-refractivity contribution < 1.29 is 4.79 Å². The average Bonchev–Trinajstić information content (AvgIpc) is 3.18. The van der Waals surface area contributed by atoms with Crippen LogP contribution in [0, 0.1) is 6.92 Å². The molecule has 5 nitrogen and oxygen atoms in total. The summed E-state index contributed by atoms with van der Waals surface area (Å²) in [5, 5.41) is 11.5. The van der Waals surface area contributed by atoms with Gasteiger partial charge in [-0.3, -0.25) is 9.79 Å². The second kappa shape index (κ2) is 12.7. The van der Waals surface area contributed by atoms with Gasteiger partial charge in [0.2, 0.25) is 0 Å². The van der Waals surface area contributed by atoms with E-state index in [4.69, 9.17) is 0 Å². The zero-order valence-electron chi connectivity index (χ0n) is 16.1. The Morgan fingerprint density at radius 1 is 1.15 bits per heavy atom. The molecular weight excluding hydrogens is 471 g/mol. The van der Waals surface area contributed by atoms with Gasteiger partial charge in [0.25, 0.3) is 5.91 Å². The first-order valence-corrected chi connectivity index (χ1v) is 9.81. The molecule has 2 aromatic rings. The number of thiophene rings is 1. The highest BCUT2D eigenvalue weighted by molar-refractivity contribution is 14.0. The normalized spacial score (nSPS) is 12.0. The van der Waals surface area contributed by atoms with Crippen LogP contribution in [0.2, 0.25) is 0 Å². The lowest BCUT2D eigenvalue weighted by Crippen LogP contribution is -2.40. The topological polar surface area (TPSA) is 65.5 Å². The Morgan fingerprint density at radius 2 is 1.93 bits per heavy atom. The van der Waals surface area contributed by atoms with Gasteiger partial charge in [0.05, 0.1) is 4.88 Å². The highest BCUT2D eigenvalue weighted by atomic mass is 127. The van der Waals surface area contributed by atoms with Crippen molar-refractivity contribution in [2.75, 3.05) is 26.7 Å². The molecule has 0 saturated carbocycles. The fraction of sp³-hybridized carbons (Fsp3) is 0.400. The third kappa shape index (κ3) is 8.30. The van der Waals surface area contributed by atoms with E-state index in [9.17, 15) is 4.79 Å². The van der Waals surface area contributed by atoms with Gasteiger partial charge in [-0.05, 0) is 36.3 Å². The first-order valence-electron chi connectivity index (χ1n) is 8.93. The summed E-state index contributed by atoms with van der Waals surface area (Å²) < 4.78 is 0. The molecule has 0 aliphatic rings. The number of aliphatic imine (C=N–C) groups is 1. The largest absolute Gasteiger partial charge is 0.356 e. The van der Waals surface area contributed by atoms with E-state index in [1.54, 1.807) is 7.05 Å². The summed E-state index contributed by atoms with van der Waals surface area (Å²) in [7, 11) is 1.77. The van der Waals surface area contributed by atoms with Gasteiger partial charge >= 0.3 is 0 Å². The van der Waals surface area contributed by atoms with Gasteiger partial charge in [0.1, 0.15) is 0 Å². The van der Waals surface area contributed by atoms with Gasteiger partial charge in [0, 0.05) is 26.7 Å². The molecule has 1 atom stereocenters. The molecule has 1 heterocycles. The summed E-state index contributed by atoms with van der Waals surface area (Å²) in [4.78, 5) is 16.8. The Hall–Kier alpha value is -1.61. The summed E-state index contributed by atoms with van der Waals surface area (Å²) >= 11 is 1.45. The van der Waals surface area contributed by atoms with Crippen molar-refractivity contribution >= 4 is 47.2 Å². The van der Waals surface area contributed by atoms with Crippen molar-refractivity contribution in [1.82, 2.24) is 16.0 Å². The van der Waals surface area contributed by atoms with Crippen molar-refractivity contribution in [1.29, 1.82) is 0 Å². The number of rotatable bonds is 8. The number of hydrogen-bond donors (Lipinski definition) is 3. The number of carbonyl (C=O) groups is 1. The highest BCUT2D eigenvalue weighted by Gasteiger charge is 2.07. The van der Waals surface area contributed by atoms with E-state index in [1.165, 1.54) is 22.5 Å². The van der Waals surface area contributed by atoms with E-state index in [-0.39, 0.29) is 29.9 Å². The summed E-state index contributed by atoms with van der Waals surface area (Å²) in [6, 6.07) is 12.3. The number of benzene rings is 1. The van der Waals surface area contributed by atoms with Crippen LogP contribution in [-0.4, -0.2) is 38.5 Å². The molecule has 1 aromatic carbocycles. The van der Waals surface area contributed by atoms with Gasteiger partial charge < -0.3 is 16.0 Å². The Balaban J connectivity index is 0.00000364. The fourth-order valence-electron chi connectivity index (χ4n) is 2.56. The van der Waals surface area contributed by atoms with E-state index in [0.717, 1.165) is 30.3 Å².